The van der Waals surface area contributed by atoms with Gasteiger partial charge in [0.2, 0.25) is 11.8 Å². The third-order valence-corrected chi connectivity index (χ3v) is 6.62. The molecule has 1 fully saturated rings. The van der Waals surface area contributed by atoms with E-state index in [-0.39, 0.29) is 36.5 Å². The second-order valence-corrected chi connectivity index (χ2v) is 9.68. The average molecular weight is 518 g/mol. The maximum atomic E-state index is 13.5. The summed E-state index contributed by atoms with van der Waals surface area (Å²) in [6, 6.07) is 8.26. The van der Waals surface area contributed by atoms with Gasteiger partial charge >= 0.3 is 6.18 Å². The molecular formula is C26H30F3N5O3. The van der Waals surface area contributed by atoms with Gasteiger partial charge in [-0.2, -0.15) is 18.3 Å². The Bertz CT molecular complexity index is 1210. The standard InChI is InChI=1S/C26H30F3N5O3/c1-16(2)24-31-32-25(37-24)18-12-10-17(11-13-18)21(35)9-6-14-30-23(36)20-15-34(19-7-4-3-5-8-19)33-22(20)26(27,28)29/h3-5,7-8,15-18H,6,9-14H2,1-2H3,(H,30,36). The summed E-state index contributed by atoms with van der Waals surface area (Å²) < 4.78 is 47.3. The number of alkyl halides is 3. The molecule has 1 saturated carbocycles. The zero-order valence-corrected chi connectivity index (χ0v) is 20.8. The van der Waals surface area contributed by atoms with Crippen molar-refractivity contribution < 1.29 is 27.2 Å². The normalized spacial score (nSPS) is 18.2. The summed E-state index contributed by atoms with van der Waals surface area (Å²) in [6.07, 6.45) is -0.0738. The van der Waals surface area contributed by atoms with Gasteiger partial charge in [-0.3, -0.25) is 9.59 Å². The Labute approximate surface area is 212 Å². The van der Waals surface area contributed by atoms with E-state index < -0.39 is 23.3 Å². The number of aromatic nitrogens is 4. The number of benzene rings is 1. The maximum absolute atomic E-state index is 13.5. The number of halogens is 3. The molecule has 0 saturated heterocycles. The lowest BCUT2D eigenvalue weighted by Crippen LogP contribution is -2.27. The van der Waals surface area contributed by atoms with Gasteiger partial charge in [0.25, 0.3) is 5.91 Å². The topological polar surface area (TPSA) is 103 Å². The van der Waals surface area contributed by atoms with Crippen molar-refractivity contribution in [2.45, 2.75) is 70.4 Å². The number of nitrogens with zero attached hydrogens (tertiary/aromatic N) is 4. The summed E-state index contributed by atoms with van der Waals surface area (Å²) in [5.74, 6) is 0.732. The van der Waals surface area contributed by atoms with Crippen LogP contribution in [0.5, 0.6) is 0 Å². The van der Waals surface area contributed by atoms with E-state index in [1.807, 2.05) is 13.8 Å². The van der Waals surface area contributed by atoms with Gasteiger partial charge in [0.05, 0.1) is 11.3 Å². The van der Waals surface area contributed by atoms with E-state index in [4.69, 9.17) is 4.42 Å². The van der Waals surface area contributed by atoms with Gasteiger partial charge in [0.15, 0.2) is 5.69 Å². The lowest BCUT2D eigenvalue weighted by molar-refractivity contribution is -0.141. The molecule has 3 aromatic rings. The van der Waals surface area contributed by atoms with E-state index in [0.717, 1.165) is 36.6 Å². The molecule has 2 heterocycles. The van der Waals surface area contributed by atoms with Gasteiger partial charge in [0, 0.05) is 36.9 Å². The maximum Gasteiger partial charge on any atom is 0.435 e. The van der Waals surface area contributed by atoms with Crippen molar-refractivity contribution in [3.05, 3.63) is 59.6 Å². The fourth-order valence-corrected chi connectivity index (χ4v) is 4.53. The summed E-state index contributed by atoms with van der Waals surface area (Å²) >= 11 is 0. The molecular weight excluding hydrogens is 487 g/mol. The van der Waals surface area contributed by atoms with Crippen LogP contribution in [-0.2, 0) is 11.0 Å². The van der Waals surface area contributed by atoms with Crippen LogP contribution in [-0.4, -0.2) is 38.2 Å². The molecule has 0 spiro atoms. The third-order valence-electron chi connectivity index (χ3n) is 6.62. The van der Waals surface area contributed by atoms with E-state index >= 15 is 0 Å². The van der Waals surface area contributed by atoms with Crippen LogP contribution in [0.15, 0.2) is 40.9 Å². The van der Waals surface area contributed by atoms with Gasteiger partial charge in [-0.25, -0.2) is 4.68 Å². The van der Waals surface area contributed by atoms with Gasteiger partial charge < -0.3 is 9.73 Å². The highest BCUT2D eigenvalue weighted by molar-refractivity contribution is 5.95. The number of ketones is 1. The first-order chi connectivity index (χ1) is 17.6. The van der Waals surface area contributed by atoms with Crippen molar-refractivity contribution in [3.8, 4) is 5.69 Å². The fourth-order valence-electron chi connectivity index (χ4n) is 4.53. The molecule has 0 atom stereocenters. The van der Waals surface area contributed by atoms with Crippen molar-refractivity contribution in [2.75, 3.05) is 6.54 Å². The number of hydrogen-bond acceptors (Lipinski definition) is 6. The predicted molar refractivity (Wildman–Crippen MR) is 128 cm³/mol. The summed E-state index contributed by atoms with van der Waals surface area (Å²) in [7, 11) is 0. The molecule has 0 aliphatic heterocycles. The van der Waals surface area contributed by atoms with Crippen LogP contribution in [0.25, 0.3) is 5.69 Å². The highest BCUT2D eigenvalue weighted by Gasteiger charge is 2.39. The Morgan fingerprint density at radius 1 is 1.11 bits per heavy atom. The molecule has 0 unspecified atom stereocenters. The molecule has 0 bridgehead atoms. The summed E-state index contributed by atoms with van der Waals surface area (Å²) in [5.41, 5.74) is -1.39. The molecule has 4 rings (SSSR count). The molecule has 1 aliphatic rings. The Morgan fingerprint density at radius 2 is 1.81 bits per heavy atom. The molecule has 198 valence electrons. The van der Waals surface area contributed by atoms with Crippen LogP contribution in [0.3, 0.4) is 0 Å². The number of nitrogens with one attached hydrogen (secondary N) is 1. The van der Waals surface area contributed by atoms with E-state index in [1.54, 1.807) is 30.3 Å². The Balaban J connectivity index is 1.26. The van der Waals surface area contributed by atoms with Gasteiger partial charge in [-0.15, -0.1) is 10.2 Å². The fraction of sp³-hybridized carbons (Fsp3) is 0.500. The Kier molecular flexibility index (Phi) is 8.09. The summed E-state index contributed by atoms with van der Waals surface area (Å²) in [4.78, 5) is 25.2. The van der Waals surface area contributed by atoms with Crippen molar-refractivity contribution in [3.63, 3.8) is 0 Å². The van der Waals surface area contributed by atoms with Crippen LogP contribution >= 0.6 is 0 Å². The zero-order chi connectivity index (χ0) is 26.6. The first-order valence-corrected chi connectivity index (χ1v) is 12.5. The second-order valence-electron chi connectivity index (χ2n) is 9.68. The minimum atomic E-state index is -4.78. The average Bonchev–Trinajstić information content (AvgIpc) is 3.55. The number of amides is 1. The lowest BCUT2D eigenvalue weighted by Gasteiger charge is -2.25. The molecule has 0 radical (unpaired) electrons. The molecule has 1 aromatic carbocycles. The monoisotopic (exact) mass is 517 g/mol. The van der Waals surface area contributed by atoms with Crippen molar-refractivity contribution in [2.24, 2.45) is 5.92 Å². The second kappa shape index (κ2) is 11.3. The Hall–Kier alpha value is -3.50. The zero-order valence-electron chi connectivity index (χ0n) is 20.8. The first kappa shape index (κ1) is 26.6. The number of carbonyl (C=O) groups excluding carboxylic acids is 2. The van der Waals surface area contributed by atoms with Crippen LogP contribution in [0.1, 0.15) is 92.0 Å². The number of para-hydroxylation sites is 1. The van der Waals surface area contributed by atoms with E-state index in [9.17, 15) is 22.8 Å². The molecule has 11 heteroatoms. The Morgan fingerprint density at radius 3 is 2.43 bits per heavy atom. The van der Waals surface area contributed by atoms with Crippen LogP contribution in [0.2, 0.25) is 0 Å². The molecule has 37 heavy (non-hydrogen) atoms. The van der Waals surface area contributed by atoms with Gasteiger partial charge in [-0.05, 0) is 44.2 Å². The molecule has 2 aromatic heterocycles. The van der Waals surface area contributed by atoms with Crippen molar-refractivity contribution >= 4 is 11.7 Å². The lowest BCUT2D eigenvalue weighted by atomic mass is 9.79. The number of rotatable bonds is 9. The van der Waals surface area contributed by atoms with Gasteiger partial charge in [0.1, 0.15) is 5.78 Å². The van der Waals surface area contributed by atoms with Crippen LogP contribution < -0.4 is 5.32 Å². The quantitative estimate of drug-likeness (QED) is 0.379. The number of Topliss-reactive ketones (excluding diaryl/α,β-unsaturated/α-hetero) is 1. The van der Waals surface area contributed by atoms with E-state index in [2.05, 4.69) is 20.6 Å². The van der Waals surface area contributed by atoms with E-state index in [0.29, 0.717) is 23.9 Å². The highest BCUT2D eigenvalue weighted by atomic mass is 19.4. The molecule has 1 amide bonds. The molecule has 1 N–H and O–H groups in total. The van der Waals surface area contributed by atoms with Crippen LogP contribution in [0, 0.1) is 5.92 Å². The summed E-state index contributed by atoms with van der Waals surface area (Å²) in [5, 5.41) is 14.3. The van der Waals surface area contributed by atoms with Crippen LogP contribution in [0.4, 0.5) is 13.2 Å². The first-order valence-electron chi connectivity index (χ1n) is 12.5. The predicted octanol–water partition coefficient (Wildman–Crippen LogP) is 5.45. The molecule has 8 nitrogen and oxygen atoms in total. The smallest absolute Gasteiger partial charge is 0.425 e. The highest BCUT2D eigenvalue weighted by Crippen LogP contribution is 2.36. The number of carbonyl (C=O) groups is 2. The number of hydrogen-bond donors (Lipinski definition) is 1. The van der Waals surface area contributed by atoms with E-state index in [1.165, 1.54) is 0 Å². The third kappa shape index (κ3) is 6.44. The van der Waals surface area contributed by atoms with Gasteiger partial charge in [-0.1, -0.05) is 32.0 Å². The largest absolute Gasteiger partial charge is 0.435 e. The summed E-state index contributed by atoms with van der Waals surface area (Å²) in [6.45, 7) is 4.07. The van der Waals surface area contributed by atoms with Crippen molar-refractivity contribution in [1.82, 2.24) is 25.3 Å². The minimum Gasteiger partial charge on any atom is -0.425 e. The molecule has 1 aliphatic carbocycles. The SMILES string of the molecule is CC(C)c1nnc(C2CCC(C(=O)CCCNC(=O)c3cn(-c4ccccc4)nc3C(F)(F)F)CC2)o1. The minimum absolute atomic E-state index is 0.0691. The van der Waals surface area contributed by atoms with Crippen molar-refractivity contribution in [1.29, 1.82) is 0 Å².